The van der Waals surface area contributed by atoms with Gasteiger partial charge in [-0.3, -0.25) is 0 Å². The van der Waals surface area contributed by atoms with Gasteiger partial charge >= 0.3 is 0 Å². The first kappa shape index (κ1) is 18.6. The van der Waals surface area contributed by atoms with Gasteiger partial charge in [-0.2, -0.15) is 0 Å². The Labute approximate surface area is 148 Å². The molecule has 0 heterocycles. The van der Waals surface area contributed by atoms with E-state index in [1.165, 1.54) is 0 Å². The first-order valence-corrected chi connectivity index (χ1v) is 8.43. The van der Waals surface area contributed by atoms with E-state index >= 15 is 0 Å². The molecule has 2 rings (SSSR count). The third kappa shape index (κ3) is 5.71. The van der Waals surface area contributed by atoms with Gasteiger partial charge in [0.05, 0.1) is 0 Å². The highest BCUT2D eigenvalue weighted by molar-refractivity contribution is 6.30. The summed E-state index contributed by atoms with van der Waals surface area (Å²) in [5.41, 5.74) is 0. The van der Waals surface area contributed by atoms with Crippen molar-refractivity contribution in [1.82, 2.24) is 0 Å². The van der Waals surface area contributed by atoms with Crippen LogP contribution in [-0.4, -0.2) is 25.6 Å². The molecule has 4 nitrogen and oxygen atoms in total. The fraction of sp³-hybridized carbons (Fsp3) is 0.368. The Balaban J connectivity index is 1.94. The largest absolute Gasteiger partial charge is 0.485 e. The van der Waals surface area contributed by atoms with Gasteiger partial charge in [-0.1, -0.05) is 11.6 Å². The fourth-order valence-electron chi connectivity index (χ4n) is 2.14. The maximum atomic E-state index is 5.88. The minimum atomic E-state index is -0.384. The molecule has 0 saturated carbocycles. The molecular formula is C19H23ClO4. The highest BCUT2D eigenvalue weighted by atomic mass is 35.5. The molecule has 0 spiro atoms. The van der Waals surface area contributed by atoms with Crippen LogP contribution in [0.5, 0.6) is 17.2 Å². The molecule has 0 aliphatic heterocycles. The van der Waals surface area contributed by atoms with Crippen molar-refractivity contribution in [3.8, 4) is 17.2 Å². The summed E-state index contributed by atoms with van der Waals surface area (Å²) in [5.74, 6) is 2.19. The zero-order valence-electron chi connectivity index (χ0n) is 14.2. The van der Waals surface area contributed by atoms with E-state index in [1.807, 2.05) is 57.2 Å². The number of hydrogen-bond donors (Lipinski definition) is 0. The fourth-order valence-corrected chi connectivity index (χ4v) is 2.27. The molecule has 24 heavy (non-hydrogen) atoms. The summed E-state index contributed by atoms with van der Waals surface area (Å²) in [7, 11) is 0. The zero-order valence-corrected chi connectivity index (χ0v) is 15.0. The van der Waals surface area contributed by atoms with Gasteiger partial charge in [0.25, 0.3) is 0 Å². The lowest BCUT2D eigenvalue weighted by Crippen LogP contribution is -2.34. The maximum Gasteiger partial charge on any atom is 0.194 e. The lowest BCUT2D eigenvalue weighted by atomic mass is 10.3. The van der Waals surface area contributed by atoms with E-state index in [-0.39, 0.29) is 12.4 Å². The molecule has 1 atom stereocenters. The van der Waals surface area contributed by atoms with E-state index in [0.29, 0.717) is 18.2 Å². The van der Waals surface area contributed by atoms with Crippen LogP contribution >= 0.6 is 11.6 Å². The van der Waals surface area contributed by atoms with Gasteiger partial charge < -0.3 is 18.9 Å². The third-order valence-corrected chi connectivity index (χ3v) is 3.49. The summed E-state index contributed by atoms with van der Waals surface area (Å²) < 4.78 is 22.7. The Bertz CT molecular complexity index is 592. The van der Waals surface area contributed by atoms with Gasteiger partial charge in [0.15, 0.2) is 6.29 Å². The highest BCUT2D eigenvalue weighted by Gasteiger charge is 2.19. The molecule has 2 aromatic carbocycles. The molecule has 0 fully saturated rings. The van der Waals surface area contributed by atoms with Gasteiger partial charge in [0, 0.05) is 18.2 Å². The minimum absolute atomic E-state index is 0.215. The molecule has 0 bridgehead atoms. The van der Waals surface area contributed by atoms with Crippen LogP contribution in [0.25, 0.3) is 0 Å². The number of benzene rings is 2. The van der Waals surface area contributed by atoms with Crippen molar-refractivity contribution in [2.75, 3.05) is 13.2 Å². The second-order valence-corrected chi connectivity index (χ2v) is 5.57. The van der Waals surface area contributed by atoms with Crippen LogP contribution in [0.15, 0.2) is 48.5 Å². The van der Waals surface area contributed by atoms with Crippen LogP contribution in [-0.2, 0) is 9.47 Å². The van der Waals surface area contributed by atoms with Gasteiger partial charge in [-0.15, -0.1) is 0 Å². The summed E-state index contributed by atoms with van der Waals surface area (Å²) in [6.07, 6.45) is -0.599. The molecule has 0 aromatic heterocycles. The molecule has 130 valence electrons. The molecule has 2 aromatic rings. The molecule has 0 radical (unpaired) electrons. The minimum Gasteiger partial charge on any atom is -0.485 e. The van der Waals surface area contributed by atoms with E-state index in [1.54, 1.807) is 12.1 Å². The monoisotopic (exact) mass is 350 g/mol. The van der Waals surface area contributed by atoms with Gasteiger partial charge in [0.2, 0.25) is 0 Å². The standard InChI is InChI=1S/C19H23ClO4/c1-4-21-19(22-5-2)14(3)23-16-10-12-18(13-11-16)24-17-8-6-15(20)7-9-17/h6-14,19H,4-5H2,1-3H3. The first-order chi connectivity index (χ1) is 11.6. The Hall–Kier alpha value is -1.75. The number of ether oxygens (including phenoxy) is 4. The van der Waals surface area contributed by atoms with Crippen molar-refractivity contribution in [3.63, 3.8) is 0 Å². The third-order valence-electron chi connectivity index (χ3n) is 3.24. The average molecular weight is 351 g/mol. The van der Waals surface area contributed by atoms with E-state index in [9.17, 15) is 0 Å². The molecular weight excluding hydrogens is 328 g/mol. The lowest BCUT2D eigenvalue weighted by molar-refractivity contribution is -0.178. The molecule has 0 N–H and O–H groups in total. The summed E-state index contributed by atoms with van der Waals surface area (Å²) in [5, 5.41) is 0.679. The van der Waals surface area contributed by atoms with Gasteiger partial charge in [-0.05, 0) is 69.3 Å². The maximum absolute atomic E-state index is 5.88. The second-order valence-electron chi connectivity index (χ2n) is 5.13. The number of halogens is 1. The van der Waals surface area contributed by atoms with Crippen LogP contribution < -0.4 is 9.47 Å². The highest BCUT2D eigenvalue weighted by Crippen LogP contribution is 2.25. The zero-order chi connectivity index (χ0) is 17.4. The summed E-state index contributed by atoms with van der Waals surface area (Å²) in [4.78, 5) is 0. The van der Waals surface area contributed by atoms with Crippen molar-refractivity contribution in [3.05, 3.63) is 53.6 Å². The molecule has 0 saturated heterocycles. The Morgan fingerprint density at radius 1 is 0.792 bits per heavy atom. The molecule has 0 aliphatic carbocycles. The Morgan fingerprint density at radius 2 is 1.25 bits per heavy atom. The Morgan fingerprint density at radius 3 is 1.75 bits per heavy atom. The number of hydrogen-bond acceptors (Lipinski definition) is 4. The van der Waals surface area contributed by atoms with Crippen molar-refractivity contribution in [2.24, 2.45) is 0 Å². The van der Waals surface area contributed by atoms with Crippen molar-refractivity contribution < 1.29 is 18.9 Å². The normalized spacial score (nSPS) is 12.2. The summed E-state index contributed by atoms with van der Waals surface area (Å²) >= 11 is 5.86. The lowest BCUT2D eigenvalue weighted by Gasteiger charge is -2.24. The Kier molecular flexibility index (Phi) is 7.37. The van der Waals surface area contributed by atoms with Gasteiger partial charge in [0.1, 0.15) is 23.4 Å². The summed E-state index contributed by atoms with van der Waals surface area (Å²) in [6.45, 7) is 6.94. The van der Waals surface area contributed by atoms with Crippen LogP contribution in [0.2, 0.25) is 5.02 Å². The predicted molar refractivity (Wildman–Crippen MR) is 95.1 cm³/mol. The van der Waals surface area contributed by atoms with Crippen LogP contribution in [0.4, 0.5) is 0 Å². The van der Waals surface area contributed by atoms with Crippen molar-refractivity contribution in [2.45, 2.75) is 33.2 Å². The molecule has 5 heteroatoms. The first-order valence-electron chi connectivity index (χ1n) is 8.05. The van der Waals surface area contributed by atoms with Crippen LogP contribution in [0.1, 0.15) is 20.8 Å². The van der Waals surface area contributed by atoms with E-state index in [4.69, 9.17) is 30.5 Å². The van der Waals surface area contributed by atoms with Crippen LogP contribution in [0, 0.1) is 0 Å². The SMILES string of the molecule is CCOC(OCC)C(C)Oc1ccc(Oc2ccc(Cl)cc2)cc1. The number of rotatable bonds is 9. The summed E-state index contributed by atoms with van der Waals surface area (Å²) in [6, 6.07) is 14.6. The van der Waals surface area contributed by atoms with Crippen LogP contribution in [0.3, 0.4) is 0 Å². The quantitative estimate of drug-likeness (QED) is 0.575. The molecule has 0 amide bonds. The van der Waals surface area contributed by atoms with Gasteiger partial charge in [-0.25, -0.2) is 0 Å². The van der Waals surface area contributed by atoms with E-state index in [0.717, 1.165) is 17.2 Å². The van der Waals surface area contributed by atoms with Crippen molar-refractivity contribution in [1.29, 1.82) is 0 Å². The van der Waals surface area contributed by atoms with E-state index < -0.39 is 0 Å². The van der Waals surface area contributed by atoms with E-state index in [2.05, 4.69) is 0 Å². The average Bonchev–Trinajstić information content (AvgIpc) is 2.58. The molecule has 1 unspecified atom stereocenters. The molecule has 0 aliphatic rings. The predicted octanol–water partition coefficient (Wildman–Crippen LogP) is 5.30. The second kappa shape index (κ2) is 9.52. The topological polar surface area (TPSA) is 36.9 Å². The smallest absolute Gasteiger partial charge is 0.194 e. The van der Waals surface area contributed by atoms with Crippen molar-refractivity contribution >= 4 is 11.6 Å².